The van der Waals surface area contributed by atoms with Crippen LogP contribution in [0.3, 0.4) is 0 Å². The summed E-state index contributed by atoms with van der Waals surface area (Å²) in [6.07, 6.45) is 0. The molecule has 0 aliphatic carbocycles. The first-order valence-electron chi connectivity index (χ1n) is 7.41. The topological polar surface area (TPSA) is 47.9 Å². The van der Waals surface area contributed by atoms with Gasteiger partial charge in [0.1, 0.15) is 11.5 Å². The number of methoxy groups -OCH3 is 1. The highest BCUT2D eigenvalue weighted by Gasteiger charge is 2.52. The molecule has 0 aromatic heterocycles. The maximum Gasteiger partial charge on any atom is 0.498 e. The van der Waals surface area contributed by atoms with Gasteiger partial charge in [-0.25, -0.2) is 0 Å². The summed E-state index contributed by atoms with van der Waals surface area (Å²) in [4.78, 5) is 0. The minimum absolute atomic E-state index is 0.176. The maximum absolute atomic E-state index is 10.7. The van der Waals surface area contributed by atoms with E-state index < -0.39 is 18.3 Å². The van der Waals surface area contributed by atoms with E-state index in [1.807, 2.05) is 52.0 Å². The molecule has 1 saturated heterocycles. The molecule has 1 aliphatic rings. The summed E-state index contributed by atoms with van der Waals surface area (Å²) in [5.74, 6) is 0.869. The standard InChI is InChI=1S/C17H21BO4/c1-16(2)17(3,4)22-18(21-16)13-10-14(20-5)11-8-6-7-9-12(11)15(13)19/h6-10,19H,1-5H3. The van der Waals surface area contributed by atoms with Gasteiger partial charge in [-0.3, -0.25) is 0 Å². The Kier molecular flexibility index (Phi) is 3.38. The van der Waals surface area contributed by atoms with Gasteiger partial charge in [-0.15, -0.1) is 0 Å². The highest BCUT2D eigenvalue weighted by molar-refractivity contribution is 6.63. The molecule has 1 N–H and O–H groups in total. The summed E-state index contributed by atoms with van der Waals surface area (Å²) >= 11 is 0. The molecule has 1 aliphatic heterocycles. The zero-order valence-electron chi connectivity index (χ0n) is 13.6. The average molecular weight is 300 g/mol. The van der Waals surface area contributed by atoms with E-state index in [2.05, 4.69) is 0 Å². The molecule has 0 atom stereocenters. The Morgan fingerprint density at radius 3 is 2.09 bits per heavy atom. The summed E-state index contributed by atoms with van der Waals surface area (Å²) in [5, 5.41) is 12.2. The average Bonchev–Trinajstić information content (AvgIpc) is 2.68. The second-order valence-corrected chi connectivity index (χ2v) is 6.65. The molecule has 4 nitrogen and oxygen atoms in total. The molecule has 0 bridgehead atoms. The molecule has 2 aromatic rings. The minimum Gasteiger partial charge on any atom is -0.508 e. The van der Waals surface area contributed by atoms with Crippen LogP contribution in [-0.2, 0) is 9.31 Å². The number of ether oxygens (including phenoxy) is 1. The summed E-state index contributed by atoms with van der Waals surface area (Å²) < 4.78 is 17.5. The third-order valence-corrected chi connectivity index (χ3v) is 4.73. The lowest BCUT2D eigenvalue weighted by Gasteiger charge is -2.32. The van der Waals surface area contributed by atoms with Gasteiger partial charge in [-0.05, 0) is 33.8 Å². The number of phenols is 1. The lowest BCUT2D eigenvalue weighted by atomic mass is 9.77. The molecule has 1 fully saturated rings. The summed E-state index contributed by atoms with van der Waals surface area (Å²) in [6.45, 7) is 7.95. The SMILES string of the molecule is COc1cc(B2OC(C)(C)C(C)(C)O2)c(O)c2ccccc12. The fourth-order valence-electron chi connectivity index (χ4n) is 2.67. The Morgan fingerprint density at radius 2 is 1.55 bits per heavy atom. The molecule has 3 rings (SSSR count). The van der Waals surface area contributed by atoms with Gasteiger partial charge in [0.05, 0.1) is 18.3 Å². The normalized spacial score (nSPS) is 19.6. The summed E-state index contributed by atoms with van der Waals surface area (Å²) in [7, 11) is 0.996. The Morgan fingerprint density at radius 1 is 1.00 bits per heavy atom. The largest absolute Gasteiger partial charge is 0.508 e. The highest BCUT2D eigenvalue weighted by Crippen LogP contribution is 2.39. The quantitative estimate of drug-likeness (QED) is 0.866. The van der Waals surface area contributed by atoms with E-state index in [-0.39, 0.29) is 5.75 Å². The molecule has 0 radical (unpaired) electrons. The number of hydrogen-bond acceptors (Lipinski definition) is 4. The van der Waals surface area contributed by atoms with Gasteiger partial charge >= 0.3 is 7.12 Å². The molecule has 1 heterocycles. The zero-order chi connectivity index (χ0) is 16.1. The lowest BCUT2D eigenvalue weighted by molar-refractivity contribution is 0.00578. The van der Waals surface area contributed by atoms with Crippen molar-refractivity contribution in [2.24, 2.45) is 0 Å². The van der Waals surface area contributed by atoms with Crippen molar-refractivity contribution >= 4 is 23.4 Å². The first kappa shape index (κ1) is 15.2. The van der Waals surface area contributed by atoms with E-state index in [4.69, 9.17) is 14.0 Å². The van der Waals surface area contributed by atoms with Crippen molar-refractivity contribution in [3.05, 3.63) is 30.3 Å². The van der Waals surface area contributed by atoms with E-state index in [1.165, 1.54) is 0 Å². The van der Waals surface area contributed by atoms with Gasteiger partial charge in [0.2, 0.25) is 0 Å². The van der Waals surface area contributed by atoms with Crippen molar-refractivity contribution in [3.63, 3.8) is 0 Å². The van der Waals surface area contributed by atoms with E-state index in [1.54, 1.807) is 13.2 Å². The Bertz CT molecular complexity index is 708. The van der Waals surface area contributed by atoms with Crippen LogP contribution in [0.2, 0.25) is 0 Å². The first-order chi connectivity index (χ1) is 10.3. The smallest absolute Gasteiger partial charge is 0.498 e. The van der Waals surface area contributed by atoms with Crippen LogP contribution in [0.25, 0.3) is 10.8 Å². The molecule has 22 heavy (non-hydrogen) atoms. The second kappa shape index (κ2) is 4.90. The Balaban J connectivity index is 2.15. The highest BCUT2D eigenvalue weighted by atomic mass is 16.7. The van der Waals surface area contributed by atoms with Crippen molar-refractivity contribution in [2.75, 3.05) is 7.11 Å². The number of rotatable bonds is 2. The minimum atomic E-state index is -0.622. The van der Waals surface area contributed by atoms with Crippen LogP contribution in [0.4, 0.5) is 0 Å². The number of fused-ring (bicyclic) bond motifs is 1. The van der Waals surface area contributed by atoms with Crippen LogP contribution >= 0.6 is 0 Å². The van der Waals surface area contributed by atoms with Crippen molar-refractivity contribution in [3.8, 4) is 11.5 Å². The second-order valence-electron chi connectivity index (χ2n) is 6.65. The predicted molar refractivity (Wildman–Crippen MR) is 87.9 cm³/mol. The molecule has 0 spiro atoms. The maximum atomic E-state index is 10.7. The van der Waals surface area contributed by atoms with Crippen molar-refractivity contribution in [1.29, 1.82) is 0 Å². The van der Waals surface area contributed by atoms with Crippen LogP contribution in [0.1, 0.15) is 27.7 Å². The zero-order valence-corrected chi connectivity index (χ0v) is 13.6. The summed E-state index contributed by atoms with van der Waals surface area (Å²) in [5.41, 5.74) is -0.319. The van der Waals surface area contributed by atoms with Crippen molar-refractivity contribution in [1.82, 2.24) is 0 Å². The van der Waals surface area contributed by atoms with E-state index in [0.29, 0.717) is 11.2 Å². The molecule has 2 aromatic carbocycles. The molecular formula is C17H21BO4. The fraction of sp³-hybridized carbons (Fsp3) is 0.412. The van der Waals surface area contributed by atoms with Gasteiger partial charge in [0.25, 0.3) is 0 Å². The Hall–Kier alpha value is -1.72. The molecule has 0 unspecified atom stereocenters. The number of benzene rings is 2. The van der Waals surface area contributed by atoms with Crippen LogP contribution < -0.4 is 10.2 Å². The molecule has 0 saturated carbocycles. The van der Waals surface area contributed by atoms with Crippen molar-refractivity contribution < 1.29 is 19.2 Å². The van der Waals surface area contributed by atoms with Gasteiger partial charge in [0, 0.05) is 16.2 Å². The van der Waals surface area contributed by atoms with Gasteiger partial charge in [-0.2, -0.15) is 0 Å². The molecule has 116 valence electrons. The molecular weight excluding hydrogens is 279 g/mol. The van der Waals surface area contributed by atoms with Crippen LogP contribution in [0.5, 0.6) is 11.5 Å². The van der Waals surface area contributed by atoms with Gasteiger partial charge in [0.15, 0.2) is 0 Å². The van der Waals surface area contributed by atoms with Gasteiger partial charge < -0.3 is 19.2 Å². The number of aromatic hydroxyl groups is 1. The van der Waals surface area contributed by atoms with Crippen LogP contribution in [0, 0.1) is 0 Å². The van der Waals surface area contributed by atoms with E-state index in [0.717, 1.165) is 10.8 Å². The van der Waals surface area contributed by atoms with E-state index in [9.17, 15) is 5.11 Å². The monoisotopic (exact) mass is 300 g/mol. The third-order valence-electron chi connectivity index (χ3n) is 4.73. The van der Waals surface area contributed by atoms with Crippen LogP contribution in [-0.4, -0.2) is 30.5 Å². The molecule has 5 heteroatoms. The Labute approximate surface area is 131 Å². The number of phenolic OH excluding ortho intramolecular Hbond substituents is 1. The summed E-state index contributed by atoms with van der Waals surface area (Å²) in [6, 6.07) is 9.37. The fourth-order valence-corrected chi connectivity index (χ4v) is 2.67. The lowest BCUT2D eigenvalue weighted by Crippen LogP contribution is -2.41. The number of hydrogen-bond donors (Lipinski definition) is 1. The molecule has 0 amide bonds. The third kappa shape index (κ3) is 2.16. The van der Waals surface area contributed by atoms with Gasteiger partial charge in [-0.1, -0.05) is 24.3 Å². The first-order valence-corrected chi connectivity index (χ1v) is 7.41. The van der Waals surface area contributed by atoms with Crippen LogP contribution in [0.15, 0.2) is 30.3 Å². The predicted octanol–water partition coefficient (Wildman–Crippen LogP) is 2.85. The van der Waals surface area contributed by atoms with Crippen molar-refractivity contribution in [2.45, 2.75) is 38.9 Å². The van der Waals surface area contributed by atoms with E-state index >= 15 is 0 Å².